The van der Waals surface area contributed by atoms with E-state index >= 15 is 0 Å². The van der Waals surface area contributed by atoms with Gasteiger partial charge in [0.2, 0.25) is 15.9 Å². The van der Waals surface area contributed by atoms with Crippen molar-refractivity contribution >= 4 is 15.9 Å². The van der Waals surface area contributed by atoms with Gasteiger partial charge in [-0.3, -0.25) is 4.79 Å². The predicted molar refractivity (Wildman–Crippen MR) is 102 cm³/mol. The summed E-state index contributed by atoms with van der Waals surface area (Å²) in [6.07, 6.45) is 3.13. The van der Waals surface area contributed by atoms with Gasteiger partial charge in [-0.05, 0) is 56.9 Å². The maximum atomic E-state index is 12.9. The first-order valence-corrected chi connectivity index (χ1v) is 10.9. The lowest BCUT2D eigenvalue weighted by Crippen LogP contribution is -2.43. The highest BCUT2D eigenvalue weighted by molar-refractivity contribution is 7.89. The van der Waals surface area contributed by atoms with Gasteiger partial charge in [-0.25, -0.2) is 8.42 Å². The molecule has 6 nitrogen and oxygen atoms in total. The van der Waals surface area contributed by atoms with E-state index < -0.39 is 10.0 Å². The van der Waals surface area contributed by atoms with Gasteiger partial charge in [-0.15, -0.1) is 0 Å². The first-order valence-electron chi connectivity index (χ1n) is 9.41. The smallest absolute Gasteiger partial charge is 0.243 e. The van der Waals surface area contributed by atoms with Crippen molar-refractivity contribution in [2.45, 2.75) is 51.3 Å². The minimum absolute atomic E-state index is 0.0485. The Hall–Kier alpha value is -1.60. The van der Waals surface area contributed by atoms with Gasteiger partial charge in [0.15, 0.2) is 0 Å². The molecule has 1 aliphatic rings. The van der Waals surface area contributed by atoms with E-state index in [9.17, 15) is 13.2 Å². The number of rotatable bonds is 8. The highest BCUT2D eigenvalue weighted by Crippen LogP contribution is 2.27. The number of aryl methyl sites for hydroxylation is 1. The normalized spacial score (nSPS) is 16.4. The summed E-state index contributed by atoms with van der Waals surface area (Å²) in [5.74, 6) is 0.654. The topological polar surface area (TPSA) is 75.7 Å². The molecule has 1 aromatic carbocycles. The van der Waals surface area contributed by atoms with Crippen LogP contribution in [-0.4, -0.2) is 44.9 Å². The number of piperidine rings is 1. The lowest BCUT2D eigenvalue weighted by Gasteiger charge is -2.30. The molecule has 26 heavy (non-hydrogen) atoms. The summed E-state index contributed by atoms with van der Waals surface area (Å²) in [4.78, 5) is 12.4. The zero-order valence-electron chi connectivity index (χ0n) is 16.0. The molecule has 0 unspecified atom stereocenters. The van der Waals surface area contributed by atoms with E-state index in [1.54, 1.807) is 18.2 Å². The molecule has 2 rings (SSSR count). The van der Waals surface area contributed by atoms with Gasteiger partial charge in [0.05, 0.1) is 11.5 Å². The summed E-state index contributed by atoms with van der Waals surface area (Å²) < 4.78 is 32.7. The second-order valence-electron chi connectivity index (χ2n) is 6.68. The van der Waals surface area contributed by atoms with Crippen LogP contribution in [0.15, 0.2) is 23.1 Å². The minimum atomic E-state index is -3.54. The van der Waals surface area contributed by atoms with E-state index in [1.165, 1.54) is 4.31 Å². The quantitative estimate of drug-likeness (QED) is 0.702. The molecule has 0 spiro atoms. The van der Waals surface area contributed by atoms with Crippen molar-refractivity contribution in [3.8, 4) is 5.75 Å². The zero-order chi connectivity index (χ0) is 19.2. The van der Waals surface area contributed by atoms with Gasteiger partial charge >= 0.3 is 0 Å². The van der Waals surface area contributed by atoms with Crippen LogP contribution in [0.3, 0.4) is 0 Å². The SMILES string of the molecule is CCCCNC(=O)C1CCN(S(=O)(=O)c2ccc(OCC)c(C)c2)CC1. The third-order valence-electron chi connectivity index (χ3n) is 4.74. The number of carbonyl (C=O) groups excluding carboxylic acids is 1. The summed E-state index contributed by atoms with van der Waals surface area (Å²) in [7, 11) is -3.54. The van der Waals surface area contributed by atoms with Crippen LogP contribution in [0.4, 0.5) is 0 Å². The first-order chi connectivity index (χ1) is 12.4. The van der Waals surface area contributed by atoms with Gasteiger partial charge in [-0.2, -0.15) is 4.31 Å². The Morgan fingerprint density at radius 1 is 1.27 bits per heavy atom. The summed E-state index contributed by atoms with van der Waals surface area (Å²) in [6, 6.07) is 4.96. The standard InChI is InChI=1S/C19H30N2O4S/c1-4-6-11-20-19(22)16-9-12-21(13-10-16)26(23,24)17-7-8-18(25-5-2)15(3)14-17/h7-8,14,16H,4-6,9-13H2,1-3H3,(H,20,22). The number of ether oxygens (including phenoxy) is 1. The summed E-state index contributed by atoms with van der Waals surface area (Å²) in [5.41, 5.74) is 0.804. The molecule has 1 N–H and O–H groups in total. The van der Waals surface area contributed by atoms with E-state index in [4.69, 9.17) is 4.74 Å². The summed E-state index contributed by atoms with van der Waals surface area (Å²) in [6.45, 7) is 7.81. The Morgan fingerprint density at radius 2 is 1.96 bits per heavy atom. The van der Waals surface area contributed by atoms with Crippen LogP contribution in [0.25, 0.3) is 0 Å². The van der Waals surface area contributed by atoms with Crippen LogP contribution in [0.5, 0.6) is 5.75 Å². The minimum Gasteiger partial charge on any atom is -0.494 e. The maximum Gasteiger partial charge on any atom is 0.243 e. The van der Waals surface area contributed by atoms with E-state index in [0.29, 0.717) is 44.8 Å². The molecule has 1 amide bonds. The molecule has 1 aromatic rings. The second kappa shape index (κ2) is 9.37. The van der Waals surface area contributed by atoms with E-state index in [2.05, 4.69) is 12.2 Å². The third kappa shape index (κ3) is 4.98. The fraction of sp³-hybridized carbons (Fsp3) is 0.632. The van der Waals surface area contributed by atoms with E-state index in [1.807, 2.05) is 13.8 Å². The maximum absolute atomic E-state index is 12.9. The Labute approximate surface area is 157 Å². The lowest BCUT2D eigenvalue weighted by molar-refractivity contribution is -0.126. The first kappa shape index (κ1) is 20.7. The molecule has 7 heteroatoms. The van der Waals surface area contributed by atoms with Crippen LogP contribution >= 0.6 is 0 Å². The number of benzene rings is 1. The molecular weight excluding hydrogens is 352 g/mol. The van der Waals surface area contributed by atoms with Gasteiger partial charge in [0.1, 0.15) is 5.75 Å². The molecule has 0 saturated carbocycles. The molecule has 0 atom stereocenters. The number of hydrogen-bond acceptors (Lipinski definition) is 4. The molecule has 1 aliphatic heterocycles. The number of hydrogen-bond donors (Lipinski definition) is 1. The second-order valence-corrected chi connectivity index (χ2v) is 8.62. The largest absolute Gasteiger partial charge is 0.494 e. The van der Waals surface area contributed by atoms with Crippen molar-refractivity contribution in [3.05, 3.63) is 23.8 Å². The highest BCUT2D eigenvalue weighted by atomic mass is 32.2. The molecule has 0 aliphatic carbocycles. The Bertz CT molecular complexity index is 710. The van der Waals surface area contributed by atoms with Crippen molar-refractivity contribution in [1.82, 2.24) is 9.62 Å². The molecule has 0 radical (unpaired) electrons. The van der Waals surface area contributed by atoms with Crippen LogP contribution in [0.2, 0.25) is 0 Å². The van der Waals surface area contributed by atoms with Gasteiger partial charge in [0.25, 0.3) is 0 Å². The van der Waals surface area contributed by atoms with Gasteiger partial charge in [0, 0.05) is 25.6 Å². The van der Waals surface area contributed by atoms with Crippen LogP contribution in [0, 0.1) is 12.8 Å². The van der Waals surface area contributed by atoms with Gasteiger partial charge in [-0.1, -0.05) is 13.3 Å². The number of amides is 1. The van der Waals surface area contributed by atoms with Crippen molar-refractivity contribution < 1.29 is 17.9 Å². The average Bonchev–Trinajstić information content (AvgIpc) is 2.63. The van der Waals surface area contributed by atoms with Crippen molar-refractivity contribution in [2.24, 2.45) is 5.92 Å². The monoisotopic (exact) mass is 382 g/mol. The van der Waals surface area contributed by atoms with Crippen molar-refractivity contribution in [1.29, 1.82) is 0 Å². The molecule has 1 fully saturated rings. The molecule has 0 aromatic heterocycles. The van der Waals surface area contributed by atoms with Crippen LogP contribution < -0.4 is 10.1 Å². The molecule has 146 valence electrons. The highest BCUT2D eigenvalue weighted by Gasteiger charge is 2.32. The average molecular weight is 383 g/mol. The Kier molecular flexibility index (Phi) is 7.46. The molecule has 0 bridgehead atoms. The summed E-state index contributed by atoms with van der Waals surface area (Å²) in [5, 5.41) is 2.94. The number of sulfonamides is 1. The fourth-order valence-corrected chi connectivity index (χ4v) is 4.70. The van der Waals surface area contributed by atoms with E-state index in [-0.39, 0.29) is 16.7 Å². The lowest BCUT2D eigenvalue weighted by atomic mass is 9.97. The number of nitrogens with one attached hydrogen (secondary N) is 1. The van der Waals surface area contributed by atoms with Crippen molar-refractivity contribution in [3.63, 3.8) is 0 Å². The molecular formula is C19H30N2O4S. The van der Waals surface area contributed by atoms with Gasteiger partial charge < -0.3 is 10.1 Å². The molecule has 1 saturated heterocycles. The Morgan fingerprint density at radius 3 is 2.54 bits per heavy atom. The third-order valence-corrected chi connectivity index (χ3v) is 6.63. The number of nitrogens with zero attached hydrogens (tertiary/aromatic N) is 1. The number of carbonyl (C=O) groups is 1. The summed E-state index contributed by atoms with van der Waals surface area (Å²) >= 11 is 0. The van der Waals surface area contributed by atoms with Crippen molar-refractivity contribution in [2.75, 3.05) is 26.2 Å². The number of unbranched alkanes of at least 4 members (excludes halogenated alkanes) is 1. The van der Waals surface area contributed by atoms with Crippen LogP contribution in [0.1, 0.15) is 45.1 Å². The van der Waals surface area contributed by atoms with E-state index in [0.717, 1.165) is 18.4 Å². The predicted octanol–water partition coefficient (Wildman–Crippen LogP) is 2.71. The fourth-order valence-electron chi connectivity index (χ4n) is 3.14. The zero-order valence-corrected chi connectivity index (χ0v) is 16.8. The molecule has 1 heterocycles. The van der Waals surface area contributed by atoms with Crippen LogP contribution in [-0.2, 0) is 14.8 Å². The Balaban J connectivity index is 1.99.